The van der Waals surface area contributed by atoms with Crippen molar-refractivity contribution in [3.8, 4) is 0 Å². The fraction of sp³-hybridized carbons (Fsp3) is 1.00. The van der Waals surface area contributed by atoms with Crippen LogP contribution in [0.4, 0.5) is 0 Å². The van der Waals surface area contributed by atoms with E-state index >= 15 is 0 Å². The van der Waals surface area contributed by atoms with Crippen molar-refractivity contribution in [3.05, 3.63) is 0 Å². The molecule has 118 valence electrons. The Balaban J connectivity index is 2.12. The van der Waals surface area contributed by atoms with Crippen LogP contribution in [0.2, 0.25) is 0 Å². The molecular formula is C18H36N2. The van der Waals surface area contributed by atoms with Crippen molar-refractivity contribution in [1.82, 2.24) is 4.90 Å². The van der Waals surface area contributed by atoms with E-state index in [1.807, 2.05) is 0 Å². The minimum atomic E-state index is 0.281. The van der Waals surface area contributed by atoms with Gasteiger partial charge in [-0.2, -0.15) is 0 Å². The Morgan fingerprint density at radius 3 is 2.45 bits per heavy atom. The van der Waals surface area contributed by atoms with Crippen molar-refractivity contribution in [2.24, 2.45) is 23.5 Å². The monoisotopic (exact) mass is 280 g/mol. The largest absolute Gasteiger partial charge is 0.329 e. The third-order valence-corrected chi connectivity index (χ3v) is 6.49. The first-order valence-corrected chi connectivity index (χ1v) is 8.93. The van der Waals surface area contributed by atoms with E-state index in [0.29, 0.717) is 0 Å². The first-order chi connectivity index (χ1) is 9.50. The SMILES string of the molecule is CC(C)C1CCCC(CN)(N(C)C2CCCCC2C)C1. The van der Waals surface area contributed by atoms with Gasteiger partial charge in [0.1, 0.15) is 0 Å². The lowest BCUT2D eigenvalue weighted by molar-refractivity contribution is -0.0130. The molecule has 2 N–H and O–H groups in total. The van der Waals surface area contributed by atoms with Crippen molar-refractivity contribution in [2.75, 3.05) is 13.6 Å². The standard InChI is InChI=1S/C18H36N2/c1-14(2)16-9-7-11-18(12-16,13-19)20(4)17-10-6-5-8-15(17)3/h14-17H,5-13,19H2,1-4H3. The molecule has 2 fully saturated rings. The van der Waals surface area contributed by atoms with Gasteiger partial charge in [-0.3, -0.25) is 4.90 Å². The Bertz CT molecular complexity index is 302. The van der Waals surface area contributed by atoms with Crippen molar-refractivity contribution in [3.63, 3.8) is 0 Å². The normalized spacial score (nSPS) is 39.5. The molecule has 2 rings (SSSR count). The first kappa shape index (κ1) is 16.3. The number of rotatable bonds is 4. The fourth-order valence-electron chi connectivity index (χ4n) is 4.83. The second-order valence-corrected chi connectivity index (χ2v) is 7.97. The molecule has 20 heavy (non-hydrogen) atoms. The van der Waals surface area contributed by atoms with Crippen LogP contribution in [0.15, 0.2) is 0 Å². The van der Waals surface area contributed by atoms with Gasteiger partial charge in [-0.15, -0.1) is 0 Å². The molecule has 0 aromatic heterocycles. The van der Waals surface area contributed by atoms with Crippen LogP contribution in [-0.2, 0) is 0 Å². The second-order valence-electron chi connectivity index (χ2n) is 7.97. The maximum atomic E-state index is 6.31. The Kier molecular flexibility index (Phi) is 5.53. The number of hydrogen-bond donors (Lipinski definition) is 1. The van der Waals surface area contributed by atoms with Gasteiger partial charge in [-0.25, -0.2) is 0 Å². The molecule has 4 unspecified atom stereocenters. The number of nitrogens with zero attached hydrogens (tertiary/aromatic N) is 1. The molecule has 0 radical (unpaired) electrons. The lowest BCUT2D eigenvalue weighted by atomic mass is 9.69. The van der Waals surface area contributed by atoms with Crippen LogP contribution in [0.3, 0.4) is 0 Å². The summed E-state index contributed by atoms with van der Waals surface area (Å²) in [4.78, 5) is 2.73. The summed E-state index contributed by atoms with van der Waals surface area (Å²) in [7, 11) is 2.38. The predicted molar refractivity (Wildman–Crippen MR) is 87.8 cm³/mol. The van der Waals surface area contributed by atoms with E-state index in [1.54, 1.807) is 0 Å². The van der Waals surface area contributed by atoms with Crippen molar-refractivity contribution < 1.29 is 0 Å². The molecule has 0 aromatic rings. The second kappa shape index (κ2) is 6.79. The molecular weight excluding hydrogens is 244 g/mol. The third-order valence-electron chi connectivity index (χ3n) is 6.49. The zero-order chi connectivity index (χ0) is 14.8. The van der Waals surface area contributed by atoms with E-state index in [0.717, 1.165) is 30.3 Å². The molecule has 0 saturated heterocycles. The van der Waals surface area contributed by atoms with E-state index in [-0.39, 0.29) is 5.54 Å². The first-order valence-electron chi connectivity index (χ1n) is 8.93. The minimum Gasteiger partial charge on any atom is -0.329 e. The topological polar surface area (TPSA) is 29.3 Å². The molecule has 2 saturated carbocycles. The third kappa shape index (κ3) is 3.22. The summed E-state index contributed by atoms with van der Waals surface area (Å²) in [5.74, 6) is 2.52. The van der Waals surface area contributed by atoms with Gasteiger partial charge in [0.2, 0.25) is 0 Å². The quantitative estimate of drug-likeness (QED) is 0.842. The summed E-state index contributed by atoms with van der Waals surface area (Å²) in [6.45, 7) is 8.07. The molecule has 0 bridgehead atoms. The molecule has 2 nitrogen and oxygen atoms in total. The Morgan fingerprint density at radius 1 is 1.15 bits per heavy atom. The average Bonchev–Trinajstić information content (AvgIpc) is 2.47. The van der Waals surface area contributed by atoms with Crippen LogP contribution in [0, 0.1) is 17.8 Å². The predicted octanol–water partition coefficient (Wildman–Crippen LogP) is 4.04. The number of likely N-dealkylation sites (N-methyl/N-ethyl adjacent to an activating group) is 1. The molecule has 4 atom stereocenters. The summed E-state index contributed by atoms with van der Waals surface area (Å²) >= 11 is 0. The van der Waals surface area contributed by atoms with Crippen molar-refractivity contribution in [1.29, 1.82) is 0 Å². The van der Waals surface area contributed by atoms with Crippen LogP contribution in [-0.4, -0.2) is 30.1 Å². The average molecular weight is 280 g/mol. The number of nitrogens with two attached hydrogens (primary N) is 1. The Labute approximate surface area is 126 Å². The minimum absolute atomic E-state index is 0.281. The van der Waals surface area contributed by atoms with Crippen molar-refractivity contribution in [2.45, 2.75) is 83.7 Å². The van der Waals surface area contributed by atoms with Gasteiger partial charge in [-0.1, -0.05) is 46.5 Å². The highest BCUT2D eigenvalue weighted by molar-refractivity contribution is 4.99. The van der Waals surface area contributed by atoms with Gasteiger partial charge < -0.3 is 5.73 Å². The van der Waals surface area contributed by atoms with Crippen LogP contribution in [0.1, 0.15) is 72.1 Å². The zero-order valence-corrected chi connectivity index (χ0v) is 14.2. The highest BCUT2D eigenvalue weighted by Crippen LogP contribution is 2.42. The van der Waals surface area contributed by atoms with Crippen LogP contribution in [0.25, 0.3) is 0 Å². The number of hydrogen-bond acceptors (Lipinski definition) is 2. The summed E-state index contributed by atoms with van der Waals surface area (Å²) in [5, 5.41) is 0. The Hall–Kier alpha value is -0.0800. The van der Waals surface area contributed by atoms with Gasteiger partial charge >= 0.3 is 0 Å². The van der Waals surface area contributed by atoms with Gasteiger partial charge in [0.15, 0.2) is 0 Å². The van der Waals surface area contributed by atoms with Crippen LogP contribution in [0.5, 0.6) is 0 Å². The highest BCUT2D eigenvalue weighted by atomic mass is 15.2. The van der Waals surface area contributed by atoms with Crippen LogP contribution < -0.4 is 5.73 Å². The van der Waals surface area contributed by atoms with E-state index in [1.165, 1.54) is 51.4 Å². The highest BCUT2D eigenvalue weighted by Gasteiger charge is 2.43. The molecule has 0 aromatic carbocycles. The van der Waals surface area contributed by atoms with Gasteiger partial charge in [0.05, 0.1) is 0 Å². The molecule has 0 amide bonds. The van der Waals surface area contributed by atoms with E-state index < -0.39 is 0 Å². The lowest BCUT2D eigenvalue weighted by Gasteiger charge is -2.52. The van der Waals surface area contributed by atoms with E-state index in [2.05, 4.69) is 32.7 Å². The summed E-state index contributed by atoms with van der Waals surface area (Å²) in [6, 6.07) is 0.762. The van der Waals surface area contributed by atoms with Gasteiger partial charge in [0, 0.05) is 18.1 Å². The van der Waals surface area contributed by atoms with Crippen molar-refractivity contribution >= 4 is 0 Å². The fourth-order valence-corrected chi connectivity index (χ4v) is 4.83. The van der Waals surface area contributed by atoms with Gasteiger partial charge in [0.25, 0.3) is 0 Å². The van der Waals surface area contributed by atoms with E-state index in [4.69, 9.17) is 5.73 Å². The molecule has 2 aliphatic rings. The molecule has 0 spiro atoms. The van der Waals surface area contributed by atoms with Crippen LogP contribution >= 0.6 is 0 Å². The summed E-state index contributed by atoms with van der Waals surface area (Å²) in [6.07, 6.45) is 11.0. The lowest BCUT2D eigenvalue weighted by Crippen LogP contribution is -2.60. The zero-order valence-electron chi connectivity index (χ0n) is 14.2. The summed E-state index contributed by atoms with van der Waals surface area (Å²) < 4.78 is 0. The molecule has 2 aliphatic carbocycles. The van der Waals surface area contributed by atoms with Gasteiger partial charge in [-0.05, 0) is 50.5 Å². The van der Waals surface area contributed by atoms with E-state index in [9.17, 15) is 0 Å². The summed E-state index contributed by atoms with van der Waals surface area (Å²) in [5.41, 5.74) is 6.59. The Morgan fingerprint density at radius 2 is 1.85 bits per heavy atom. The molecule has 2 heteroatoms. The maximum Gasteiger partial charge on any atom is 0.0334 e. The maximum absolute atomic E-state index is 6.31. The molecule has 0 heterocycles. The molecule has 0 aliphatic heterocycles. The smallest absolute Gasteiger partial charge is 0.0334 e.